The van der Waals surface area contributed by atoms with E-state index in [1.165, 1.54) is 19.3 Å². The summed E-state index contributed by atoms with van der Waals surface area (Å²) in [6.07, 6.45) is 5.79. The zero-order chi connectivity index (χ0) is 16.2. The summed E-state index contributed by atoms with van der Waals surface area (Å²) in [6, 6.07) is 5.11. The highest BCUT2D eigenvalue weighted by molar-refractivity contribution is 6.35. The van der Waals surface area contributed by atoms with Gasteiger partial charge in [0, 0.05) is 5.02 Å². The van der Waals surface area contributed by atoms with Gasteiger partial charge >= 0.3 is 0 Å². The minimum absolute atomic E-state index is 0.255. The molecule has 1 N–H and O–H groups in total. The monoisotopic (exact) mass is 353 g/mol. The standard InChI is InChI=1S/C15H17Cl2N5O/c16-10-6-7-13(17)12(8-10)15(23)18-9-14-19-20-21-22(14)11-4-2-1-3-5-11/h6-8,11H,1-5,9H2,(H,18,23). The highest BCUT2D eigenvalue weighted by atomic mass is 35.5. The maximum Gasteiger partial charge on any atom is 0.253 e. The van der Waals surface area contributed by atoms with Gasteiger partial charge in [0.1, 0.15) is 0 Å². The van der Waals surface area contributed by atoms with Crippen LogP contribution in [0.5, 0.6) is 0 Å². The van der Waals surface area contributed by atoms with E-state index in [9.17, 15) is 4.79 Å². The molecule has 8 heteroatoms. The van der Waals surface area contributed by atoms with Crippen LogP contribution >= 0.6 is 23.2 Å². The first-order valence-electron chi connectivity index (χ1n) is 7.65. The Bertz CT molecular complexity index is 697. The number of halogens is 2. The number of benzene rings is 1. The molecule has 6 nitrogen and oxygen atoms in total. The number of carbonyl (C=O) groups is 1. The Balaban J connectivity index is 1.68. The molecule has 23 heavy (non-hydrogen) atoms. The van der Waals surface area contributed by atoms with E-state index in [1.54, 1.807) is 18.2 Å². The topological polar surface area (TPSA) is 72.7 Å². The quantitative estimate of drug-likeness (QED) is 0.913. The summed E-state index contributed by atoms with van der Waals surface area (Å²) >= 11 is 12.0. The molecule has 0 atom stereocenters. The Morgan fingerprint density at radius 2 is 2.04 bits per heavy atom. The molecule has 1 aliphatic carbocycles. The van der Waals surface area contributed by atoms with Crippen molar-refractivity contribution in [2.45, 2.75) is 44.7 Å². The van der Waals surface area contributed by atoms with E-state index in [2.05, 4.69) is 20.8 Å². The molecule has 1 aromatic carbocycles. The van der Waals surface area contributed by atoms with E-state index >= 15 is 0 Å². The molecule has 1 fully saturated rings. The average molecular weight is 354 g/mol. The maximum atomic E-state index is 12.3. The Morgan fingerprint density at radius 3 is 2.83 bits per heavy atom. The number of nitrogens with one attached hydrogen (secondary N) is 1. The number of hydrogen-bond donors (Lipinski definition) is 1. The van der Waals surface area contributed by atoms with E-state index in [0.717, 1.165) is 12.8 Å². The van der Waals surface area contributed by atoms with Gasteiger partial charge in [0.05, 0.1) is 23.2 Å². The van der Waals surface area contributed by atoms with Gasteiger partial charge in [-0.05, 0) is 41.5 Å². The highest BCUT2D eigenvalue weighted by Crippen LogP contribution is 2.27. The lowest BCUT2D eigenvalue weighted by atomic mass is 9.95. The minimum Gasteiger partial charge on any atom is -0.345 e. The fourth-order valence-corrected chi connectivity index (χ4v) is 3.24. The number of hydrogen-bond acceptors (Lipinski definition) is 4. The van der Waals surface area contributed by atoms with E-state index < -0.39 is 0 Å². The summed E-state index contributed by atoms with van der Waals surface area (Å²) in [5.41, 5.74) is 0.343. The highest BCUT2D eigenvalue weighted by Gasteiger charge is 2.20. The second-order valence-electron chi connectivity index (χ2n) is 5.64. The van der Waals surface area contributed by atoms with Crippen molar-refractivity contribution in [3.05, 3.63) is 39.6 Å². The number of rotatable bonds is 4. The molecule has 1 aliphatic rings. The summed E-state index contributed by atoms with van der Waals surface area (Å²) in [7, 11) is 0. The SMILES string of the molecule is O=C(NCc1nnnn1C1CCCCC1)c1cc(Cl)ccc1Cl. The van der Waals surface area contributed by atoms with E-state index in [-0.39, 0.29) is 12.5 Å². The Kier molecular flexibility index (Phi) is 5.13. The smallest absolute Gasteiger partial charge is 0.253 e. The molecular weight excluding hydrogens is 337 g/mol. The second kappa shape index (κ2) is 7.27. The first-order chi connectivity index (χ1) is 11.1. The van der Waals surface area contributed by atoms with Gasteiger partial charge in [-0.25, -0.2) is 4.68 Å². The molecule has 0 saturated heterocycles. The van der Waals surface area contributed by atoms with Crippen LogP contribution in [0.25, 0.3) is 0 Å². The third-order valence-corrected chi connectivity index (χ3v) is 4.63. The number of amides is 1. The molecule has 0 bridgehead atoms. The van der Waals surface area contributed by atoms with E-state index in [0.29, 0.717) is 27.5 Å². The maximum absolute atomic E-state index is 12.3. The fraction of sp³-hybridized carbons (Fsp3) is 0.467. The van der Waals surface area contributed by atoms with Gasteiger partial charge in [0.15, 0.2) is 5.82 Å². The van der Waals surface area contributed by atoms with Crippen molar-refractivity contribution in [3.8, 4) is 0 Å². The molecule has 0 spiro atoms. The van der Waals surface area contributed by atoms with Crippen LogP contribution in [0.4, 0.5) is 0 Å². The minimum atomic E-state index is -0.296. The Hall–Kier alpha value is -1.66. The van der Waals surface area contributed by atoms with Crippen LogP contribution in [0.3, 0.4) is 0 Å². The normalized spacial score (nSPS) is 15.6. The van der Waals surface area contributed by atoms with Crippen molar-refractivity contribution in [2.75, 3.05) is 0 Å². The molecular formula is C15H17Cl2N5O. The predicted molar refractivity (Wildman–Crippen MR) is 87.6 cm³/mol. The van der Waals surface area contributed by atoms with Crippen LogP contribution in [-0.2, 0) is 6.54 Å². The molecule has 3 rings (SSSR count). The number of tetrazole rings is 1. The number of nitrogens with zero attached hydrogens (tertiary/aromatic N) is 4. The number of aromatic nitrogens is 4. The summed E-state index contributed by atoms with van der Waals surface area (Å²) in [4.78, 5) is 12.3. The molecule has 2 aromatic rings. The first-order valence-corrected chi connectivity index (χ1v) is 8.41. The zero-order valence-electron chi connectivity index (χ0n) is 12.5. The van der Waals surface area contributed by atoms with Crippen molar-refractivity contribution in [3.63, 3.8) is 0 Å². The van der Waals surface area contributed by atoms with Crippen LogP contribution in [0.2, 0.25) is 10.0 Å². The van der Waals surface area contributed by atoms with Crippen molar-refractivity contribution in [1.29, 1.82) is 0 Å². The van der Waals surface area contributed by atoms with Crippen LogP contribution in [0.1, 0.15) is 54.3 Å². The van der Waals surface area contributed by atoms with Crippen LogP contribution in [0.15, 0.2) is 18.2 Å². The van der Waals surface area contributed by atoms with E-state index in [4.69, 9.17) is 23.2 Å². The van der Waals surface area contributed by atoms with Crippen molar-refractivity contribution in [1.82, 2.24) is 25.5 Å². The molecule has 0 aliphatic heterocycles. The molecule has 1 aromatic heterocycles. The van der Waals surface area contributed by atoms with Gasteiger partial charge < -0.3 is 5.32 Å². The third kappa shape index (κ3) is 3.82. The van der Waals surface area contributed by atoms with Crippen molar-refractivity contribution >= 4 is 29.1 Å². The summed E-state index contributed by atoms with van der Waals surface area (Å²) in [6.45, 7) is 0.255. The summed E-state index contributed by atoms with van der Waals surface area (Å²) in [5, 5.41) is 15.5. The lowest BCUT2D eigenvalue weighted by Crippen LogP contribution is -2.26. The van der Waals surface area contributed by atoms with Crippen LogP contribution in [-0.4, -0.2) is 26.1 Å². The summed E-state index contributed by atoms with van der Waals surface area (Å²) in [5.74, 6) is 0.360. The van der Waals surface area contributed by atoms with Gasteiger partial charge in [-0.3, -0.25) is 4.79 Å². The Labute approximate surface area is 144 Å². The molecule has 1 heterocycles. The van der Waals surface area contributed by atoms with Gasteiger partial charge in [0.25, 0.3) is 5.91 Å². The zero-order valence-corrected chi connectivity index (χ0v) is 14.0. The lowest BCUT2D eigenvalue weighted by molar-refractivity contribution is 0.0949. The lowest BCUT2D eigenvalue weighted by Gasteiger charge is -2.22. The molecule has 0 unspecified atom stereocenters. The van der Waals surface area contributed by atoms with Gasteiger partial charge in [-0.2, -0.15) is 0 Å². The van der Waals surface area contributed by atoms with Gasteiger partial charge in [0.2, 0.25) is 0 Å². The number of carbonyl (C=O) groups excluding carboxylic acids is 1. The first kappa shape index (κ1) is 16.2. The van der Waals surface area contributed by atoms with Gasteiger partial charge in [-0.1, -0.05) is 42.5 Å². The molecule has 0 radical (unpaired) electrons. The predicted octanol–water partition coefficient (Wildman–Crippen LogP) is 3.42. The van der Waals surface area contributed by atoms with Crippen molar-refractivity contribution in [2.24, 2.45) is 0 Å². The average Bonchev–Trinajstić information content (AvgIpc) is 3.04. The van der Waals surface area contributed by atoms with Crippen molar-refractivity contribution < 1.29 is 4.79 Å². The Morgan fingerprint density at radius 1 is 1.26 bits per heavy atom. The van der Waals surface area contributed by atoms with E-state index in [1.807, 2.05) is 4.68 Å². The molecule has 1 saturated carbocycles. The largest absolute Gasteiger partial charge is 0.345 e. The second-order valence-corrected chi connectivity index (χ2v) is 6.48. The van der Waals surface area contributed by atoms with Gasteiger partial charge in [-0.15, -0.1) is 5.10 Å². The molecule has 122 valence electrons. The fourth-order valence-electron chi connectivity index (χ4n) is 2.86. The van der Waals surface area contributed by atoms with Crippen LogP contribution in [0, 0.1) is 0 Å². The summed E-state index contributed by atoms with van der Waals surface area (Å²) < 4.78 is 1.83. The third-order valence-electron chi connectivity index (χ3n) is 4.06. The molecule has 1 amide bonds. The van der Waals surface area contributed by atoms with Crippen LogP contribution < -0.4 is 5.32 Å².